The molecule has 0 aromatic carbocycles. The van der Waals surface area contributed by atoms with Crippen LogP contribution >= 0.6 is 67.8 Å². The van der Waals surface area contributed by atoms with Crippen molar-refractivity contribution >= 4 is 77.9 Å². The van der Waals surface area contributed by atoms with Crippen LogP contribution in [0.25, 0.3) is 29.1 Å². The predicted molar refractivity (Wildman–Crippen MR) is 512 cm³/mol. The lowest BCUT2D eigenvalue weighted by molar-refractivity contribution is -0.199. The van der Waals surface area contributed by atoms with Gasteiger partial charge in [-0.2, -0.15) is 21.6 Å². The van der Waals surface area contributed by atoms with Gasteiger partial charge in [-0.3, -0.25) is 4.18 Å². The molecule has 0 amide bonds. The number of allylic oxidation sites excluding steroid dienone is 1. The van der Waals surface area contributed by atoms with E-state index in [1.807, 2.05) is 60.6 Å². The van der Waals surface area contributed by atoms with Crippen LogP contribution in [-0.4, -0.2) is 255 Å². The van der Waals surface area contributed by atoms with Crippen LogP contribution in [0.4, 0.5) is 13.2 Å². The third-order valence-corrected chi connectivity index (χ3v) is 33.7. The first-order valence-corrected chi connectivity index (χ1v) is 54.6. The van der Waals surface area contributed by atoms with E-state index in [4.69, 9.17) is 106 Å². The highest BCUT2D eigenvalue weighted by Gasteiger charge is 2.61. The van der Waals surface area contributed by atoms with Gasteiger partial charge in [-0.05, 0) is 122 Å². The number of alkyl halides is 6. The second kappa shape index (κ2) is 51.7. The summed E-state index contributed by atoms with van der Waals surface area (Å²) in [4.78, 5) is 21.3. The molecule has 25 nitrogen and oxygen atoms in total. The van der Waals surface area contributed by atoms with Crippen molar-refractivity contribution < 1.29 is 102 Å². The minimum atomic E-state index is -5.70. The molecule has 13 aliphatic heterocycles. The zero-order chi connectivity index (χ0) is 94.0. The molecule has 129 heavy (non-hydrogen) atoms. The Morgan fingerprint density at radius 2 is 0.729 bits per heavy atom. The van der Waals surface area contributed by atoms with E-state index in [0.717, 1.165) is 180 Å². The lowest BCUT2D eigenvalue weighted by atomic mass is 9.86. The van der Waals surface area contributed by atoms with Gasteiger partial charge >= 0.3 is 15.6 Å². The van der Waals surface area contributed by atoms with Crippen LogP contribution in [-0.2, 0) is 80.6 Å². The second-order valence-corrected chi connectivity index (χ2v) is 43.4. The Morgan fingerprint density at radius 3 is 1.08 bits per heavy atom. The fourth-order valence-electron chi connectivity index (χ4n) is 22.2. The topological polar surface area (TPSA) is 239 Å². The fraction of sp³-hybridized carbons (Fsp3) is 0.918. The maximum absolute atomic E-state index is 12.6. The molecule has 0 aromatic heterocycles. The zero-order valence-electron chi connectivity index (χ0n) is 78.6. The van der Waals surface area contributed by atoms with E-state index in [1.54, 1.807) is 6.92 Å². The Kier molecular flexibility index (Phi) is 44.3. The summed E-state index contributed by atoms with van der Waals surface area (Å²) in [5, 5.41) is 19.5. The molecule has 1 saturated carbocycles. The number of fused-ring (bicyclic) bond motifs is 6. The monoisotopic (exact) mass is 2170 g/mol. The van der Waals surface area contributed by atoms with Crippen molar-refractivity contribution in [3.63, 3.8) is 0 Å². The minimum Gasteiger partial charge on any atom is -0.393 e. The largest absolute Gasteiger partial charge is 0.523 e. The molecular weight excluding hydrogens is 2020 g/mol. The highest BCUT2D eigenvalue weighted by molar-refractivity contribution is 14.1. The van der Waals surface area contributed by atoms with Crippen LogP contribution in [0.5, 0.6) is 0 Å². The molecular formula is C97H152F3I3N6O19S. The Labute approximate surface area is 811 Å². The van der Waals surface area contributed by atoms with Crippen LogP contribution in [0.3, 0.4) is 0 Å². The highest BCUT2D eigenvalue weighted by atomic mass is 127. The van der Waals surface area contributed by atoms with E-state index in [9.17, 15) is 31.8 Å². The Balaban J connectivity index is 0.000000176. The number of hydrogen-bond donors (Lipinski definition) is 2. The third-order valence-electron chi connectivity index (χ3n) is 28.9. The molecule has 0 aromatic rings. The smallest absolute Gasteiger partial charge is 0.393 e. The highest BCUT2D eigenvalue weighted by Crippen LogP contribution is 2.53. The van der Waals surface area contributed by atoms with E-state index in [2.05, 4.69) is 122 Å². The average Bonchev–Trinajstić information content (AvgIpc) is 1.37. The molecule has 13 saturated heterocycles. The Morgan fingerprint density at radius 1 is 0.411 bits per heavy atom. The van der Waals surface area contributed by atoms with Crippen LogP contribution in [0.2, 0.25) is 0 Å². The molecule has 13 heterocycles. The van der Waals surface area contributed by atoms with Crippen LogP contribution in [0, 0.1) is 39.4 Å². The van der Waals surface area contributed by atoms with E-state index in [1.165, 1.54) is 38.5 Å². The molecule has 0 unspecified atom stereocenters. The number of aliphatic hydroxyl groups excluding tert-OH is 2. The molecule has 31 atom stereocenters. The maximum atomic E-state index is 12.6. The second-order valence-electron chi connectivity index (χ2n) is 39.5. The Bertz CT molecular complexity index is 3760. The summed E-state index contributed by atoms with van der Waals surface area (Å²) in [7, 11) is -5.70. The Hall–Kier alpha value is -2.07. The molecule has 14 aliphatic rings. The lowest BCUT2D eigenvalue weighted by Gasteiger charge is -2.41. The fourth-order valence-corrected chi connectivity index (χ4v) is 25.6. The summed E-state index contributed by atoms with van der Waals surface area (Å²) in [6.45, 7) is 64.6. The van der Waals surface area contributed by atoms with Gasteiger partial charge in [0, 0.05) is 145 Å². The molecule has 32 heteroatoms. The molecule has 14 fully saturated rings. The molecule has 732 valence electrons. The summed E-state index contributed by atoms with van der Waals surface area (Å²) < 4.78 is 155. The van der Waals surface area contributed by atoms with Crippen LogP contribution in [0.1, 0.15) is 320 Å². The first kappa shape index (κ1) is 111. The SMILES string of the molecule is [C-]#[N+][C@H](C)C[C@H]1CC[C@@H]2O[C@@H](/C=C/C)C[C@]2(CO)O1.[C-]#[N+][C@H](C)C[C@H]1CC[C@@H]2O[C@@H](CCC)C[C@]2(CI)O1.[C-]#[N+][C@H](C)C[C@H]1CC[C@@H]2O[C@@H](CCC)C[C@]2(CO)O1.[C-]#[N+][C@H](C)C[C@H]1CC[C@@H]2O[C@@H](CCC)C[C@]2(COS(=O)(=O)C(F)(F)F)O1.[C-]#[N+][C@H](C)C[C@H]1CC[C@@H]2O[C@@H](CCCC)C[C@]2(CI)O1.[C-]#[N+][C@H](C)C[C@H]1CC[C@@H]2O[C@@H]([C@H]3COC4(CCCCC4)O3)C[C@]2(CI)O1. The average molecular weight is 2180 g/mol. The van der Waals surface area contributed by atoms with Crippen molar-refractivity contribution in [3.8, 4) is 0 Å². The summed E-state index contributed by atoms with van der Waals surface area (Å²) in [6.07, 6.45) is 41.3. The molecule has 2 N–H and O–H groups in total. The normalized spacial score (nSPS) is 38.9. The molecule has 1 spiro atoms. The van der Waals surface area contributed by atoms with Gasteiger partial charge in [0.15, 0.2) is 5.79 Å². The van der Waals surface area contributed by atoms with E-state index >= 15 is 0 Å². The van der Waals surface area contributed by atoms with Gasteiger partial charge in [0.25, 0.3) is 0 Å². The van der Waals surface area contributed by atoms with Gasteiger partial charge < -0.3 is 106 Å². The van der Waals surface area contributed by atoms with Crippen LogP contribution < -0.4 is 0 Å². The van der Waals surface area contributed by atoms with Crippen molar-refractivity contribution in [3.05, 3.63) is 80.7 Å². The van der Waals surface area contributed by atoms with Gasteiger partial charge in [-0.25, -0.2) is 39.4 Å². The number of rotatable bonds is 31. The number of nitrogens with zero attached hydrogens (tertiary/aromatic N) is 6. The zero-order valence-corrected chi connectivity index (χ0v) is 85.9. The van der Waals surface area contributed by atoms with E-state index in [-0.39, 0.29) is 176 Å². The number of hydrogen-bond acceptors (Lipinski definition) is 19. The summed E-state index contributed by atoms with van der Waals surface area (Å²) in [5.41, 5.74) is -8.16. The van der Waals surface area contributed by atoms with Crippen molar-refractivity contribution in [2.45, 2.75) is 517 Å². The molecule has 14 rings (SSSR count). The van der Waals surface area contributed by atoms with Gasteiger partial charge in [0.05, 0.1) is 136 Å². The van der Waals surface area contributed by atoms with Crippen LogP contribution in [0.15, 0.2) is 12.2 Å². The predicted octanol–water partition coefficient (Wildman–Crippen LogP) is 21.0. The van der Waals surface area contributed by atoms with Crippen molar-refractivity contribution in [2.24, 2.45) is 0 Å². The van der Waals surface area contributed by atoms with Gasteiger partial charge in [0.2, 0.25) is 36.3 Å². The van der Waals surface area contributed by atoms with Crippen molar-refractivity contribution in [2.75, 3.05) is 39.7 Å². The number of ether oxygens (including phenoxy) is 14. The van der Waals surface area contributed by atoms with Crippen molar-refractivity contribution in [1.82, 2.24) is 0 Å². The lowest BCUT2D eigenvalue weighted by Crippen LogP contribution is -2.52. The summed E-state index contributed by atoms with van der Waals surface area (Å²) in [6, 6.07) is -0.152. The van der Waals surface area contributed by atoms with E-state index < -0.39 is 45.1 Å². The maximum Gasteiger partial charge on any atom is 0.523 e. The molecule has 0 radical (unpaired) electrons. The standard InChI is InChI=1S/C20H30INO4.C16H24F3NO5S.C16H26INO2.C15H24INO2.C15H25NO3.C15H23NO3/c1-14(22-2)10-15-6-7-18-19(13-21,25-15)11-16(24-18)17-12-23-20(26-17)8-4-3-5-9-20;1-4-5-13-9-15(10-23-26(21,22)16(17,18)19)14(24-13)7-6-12(25-15)8-11(2)20-3;1-4-5-6-14-10-16(11-17)15(19-14)8-7-13(20-16)9-12(2)18-3;1-4-5-13-9-15(10-16)14(18-13)7-6-12(19-15)8-11(2)17-3;2*1-4-5-13-9-15(10-17)14(18-13)7-6-12(19-15)8-11(2)16-3/h14-18H,3-13H2,1H3;11-14H,4-10H2,1-2H3;12-15H,4-11H2,1-2H3;11-14H,4-10H2,1-2H3;11-14,17H,4-10H2,1-2H3;4-5,11-14,17H,6-10H2,1-2H3/b;;;;;5-4+/t14-,15-,16-,17-,18+,19-;11-,12-,13+,14+,15-;12-,13-,14+,15+,16-;3*11-,12-,13+,14+,15-/m111111/s1. The minimum absolute atomic E-state index is 0.00534. The van der Waals surface area contributed by atoms with E-state index in [0.29, 0.717) is 50.9 Å². The number of unbranched alkanes of at least 4 members (excludes halogenated alkanes) is 1. The number of aliphatic hydroxyl groups is 2. The van der Waals surface area contributed by atoms with Gasteiger partial charge in [-0.15, -0.1) is 0 Å². The third kappa shape index (κ3) is 29.5. The summed E-state index contributed by atoms with van der Waals surface area (Å²) in [5.74, 6) is -0.341. The van der Waals surface area contributed by atoms with Gasteiger partial charge in [-0.1, -0.05) is 146 Å². The molecule has 1 aliphatic carbocycles. The quantitative estimate of drug-likeness (QED) is 0.0164. The van der Waals surface area contributed by atoms with Gasteiger partial charge in [0.1, 0.15) is 39.7 Å². The first-order chi connectivity index (χ1) is 61.6. The number of halogens is 6. The van der Waals surface area contributed by atoms with Crippen molar-refractivity contribution in [1.29, 1.82) is 0 Å². The first-order valence-electron chi connectivity index (χ1n) is 48.6. The molecule has 0 bridgehead atoms. The summed E-state index contributed by atoms with van der Waals surface area (Å²) >= 11 is 7.33.